The van der Waals surface area contributed by atoms with Crippen LogP contribution in [-0.4, -0.2) is 9.78 Å². The number of rotatable bonds is 3. The van der Waals surface area contributed by atoms with Crippen molar-refractivity contribution in [3.8, 4) is 0 Å². The first kappa shape index (κ1) is 12.0. The molecule has 1 aromatic heterocycles. The van der Waals surface area contributed by atoms with Crippen LogP contribution in [-0.2, 0) is 6.54 Å². The van der Waals surface area contributed by atoms with Crippen LogP contribution in [0, 0.1) is 29.6 Å². The summed E-state index contributed by atoms with van der Waals surface area (Å²) in [5, 5.41) is 4.40. The highest BCUT2D eigenvalue weighted by molar-refractivity contribution is 5.12. The fraction of sp³-hybridized carbons (Fsp3) is 0.812. The topological polar surface area (TPSA) is 43.8 Å². The number of nitrogens with zero attached hydrogens (tertiary/aromatic N) is 2. The minimum absolute atomic E-state index is 0.206. The third-order valence-corrected chi connectivity index (χ3v) is 6.10. The molecular weight excluding hydrogens is 234 g/mol. The zero-order valence-electron chi connectivity index (χ0n) is 11.8. The van der Waals surface area contributed by atoms with Crippen molar-refractivity contribution in [3.05, 3.63) is 18.0 Å². The van der Waals surface area contributed by atoms with Gasteiger partial charge < -0.3 is 5.73 Å². The second-order valence-electron chi connectivity index (χ2n) is 7.11. The van der Waals surface area contributed by atoms with Gasteiger partial charge in [0.05, 0.1) is 11.7 Å². The molecular formula is C16H25N3. The fourth-order valence-corrected chi connectivity index (χ4v) is 5.64. The van der Waals surface area contributed by atoms with Gasteiger partial charge in [0, 0.05) is 12.7 Å². The Bertz CT molecular complexity index is 436. The number of aryl methyl sites for hydroxylation is 1. The molecule has 0 spiro atoms. The van der Waals surface area contributed by atoms with Crippen molar-refractivity contribution in [2.45, 2.75) is 51.6 Å². The van der Waals surface area contributed by atoms with Crippen LogP contribution in [0.15, 0.2) is 12.3 Å². The monoisotopic (exact) mass is 259 g/mol. The molecule has 2 N–H and O–H groups in total. The SMILES string of the molecule is CCn1nccc1C(N)C1C2CC3CC(C2)CC1C3. The number of hydrogen-bond donors (Lipinski definition) is 1. The van der Waals surface area contributed by atoms with Crippen LogP contribution in [0.5, 0.6) is 0 Å². The molecule has 104 valence electrons. The van der Waals surface area contributed by atoms with Crippen LogP contribution >= 0.6 is 0 Å². The molecule has 4 saturated carbocycles. The maximum Gasteiger partial charge on any atom is 0.0554 e. The number of hydrogen-bond acceptors (Lipinski definition) is 2. The first-order valence-corrected chi connectivity index (χ1v) is 8.03. The third kappa shape index (κ3) is 1.78. The minimum atomic E-state index is 0.206. The average molecular weight is 259 g/mol. The molecule has 0 aromatic carbocycles. The fourth-order valence-electron chi connectivity index (χ4n) is 5.64. The van der Waals surface area contributed by atoms with Crippen molar-refractivity contribution >= 4 is 0 Å². The molecule has 0 radical (unpaired) electrons. The molecule has 19 heavy (non-hydrogen) atoms. The average Bonchev–Trinajstić information content (AvgIpc) is 2.85. The number of aromatic nitrogens is 2. The van der Waals surface area contributed by atoms with E-state index in [1.807, 2.05) is 6.20 Å². The van der Waals surface area contributed by atoms with Gasteiger partial charge in [-0.1, -0.05) is 0 Å². The summed E-state index contributed by atoms with van der Waals surface area (Å²) in [4.78, 5) is 0. The van der Waals surface area contributed by atoms with Crippen LogP contribution in [0.1, 0.15) is 50.8 Å². The summed E-state index contributed by atoms with van der Waals surface area (Å²) in [6.45, 7) is 3.09. The smallest absolute Gasteiger partial charge is 0.0554 e. The van der Waals surface area contributed by atoms with E-state index in [9.17, 15) is 0 Å². The number of nitrogens with two attached hydrogens (primary N) is 1. The van der Waals surface area contributed by atoms with Crippen LogP contribution in [0.4, 0.5) is 0 Å². The van der Waals surface area contributed by atoms with E-state index in [0.717, 1.165) is 36.1 Å². The van der Waals surface area contributed by atoms with Crippen molar-refractivity contribution in [2.24, 2.45) is 35.3 Å². The molecule has 3 nitrogen and oxygen atoms in total. The summed E-state index contributed by atoms with van der Waals surface area (Å²) >= 11 is 0. The van der Waals surface area contributed by atoms with Gasteiger partial charge >= 0.3 is 0 Å². The third-order valence-electron chi connectivity index (χ3n) is 6.10. The Morgan fingerprint density at radius 1 is 1.21 bits per heavy atom. The predicted octanol–water partition coefficient (Wildman–Crippen LogP) is 2.98. The summed E-state index contributed by atoms with van der Waals surface area (Å²) in [5.74, 6) is 4.57. The Morgan fingerprint density at radius 3 is 2.42 bits per heavy atom. The van der Waals surface area contributed by atoms with Crippen molar-refractivity contribution < 1.29 is 0 Å². The maximum atomic E-state index is 6.68. The lowest BCUT2D eigenvalue weighted by Gasteiger charge is -2.56. The lowest BCUT2D eigenvalue weighted by Crippen LogP contribution is -2.49. The maximum absolute atomic E-state index is 6.68. The van der Waals surface area contributed by atoms with E-state index >= 15 is 0 Å². The first-order chi connectivity index (χ1) is 9.26. The standard InChI is InChI=1S/C16H25N3/c1-2-19-14(3-4-18-19)16(17)15-12-6-10-5-11(8-12)9-13(15)7-10/h3-4,10-13,15-16H,2,5-9,17H2,1H3. The van der Waals surface area contributed by atoms with Crippen molar-refractivity contribution in [3.63, 3.8) is 0 Å². The van der Waals surface area contributed by atoms with Crippen molar-refractivity contribution in [1.82, 2.24) is 9.78 Å². The molecule has 1 unspecified atom stereocenters. The van der Waals surface area contributed by atoms with Gasteiger partial charge in [0.1, 0.15) is 0 Å². The molecule has 4 aliphatic carbocycles. The van der Waals surface area contributed by atoms with Crippen molar-refractivity contribution in [2.75, 3.05) is 0 Å². The summed E-state index contributed by atoms with van der Waals surface area (Å²) in [7, 11) is 0. The Morgan fingerprint density at radius 2 is 1.84 bits per heavy atom. The highest BCUT2D eigenvalue weighted by Gasteiger charge is 2.50. The second kappa shape index (κ2) is 4.34. The van der Waals surface area contributed by atoms with Crippen LogP contribution in [0.25, 0.3) is 0 Å². The first-order valence-electron chi connectivity index (χ1n) is 8.03. The molecule has 0 amide bonds. The van der Waals surface area contributed by atoms with Gasteiger partial charge in [-0.3, -0.25) is 4.68 Å². The van der Waals surface area contributed by atoms with Crippen LogP contribution in [0.2, 0.25) is 0 Å². The molecule has 1 aromatic rings. The molecule has 1 atom stereocenters. The molecule has 4 fully saturated rings. The normalized spacial score (nSPS) is 41.7. The largest absolute Gasteiger partial charge is 0.322 e. The van der Waals surface area contributed by atoms with Gasteiger partial charge in [0.25, 0.3) is 0 Å². The van der Waals surface area contributed by atoms with Crippen molar-refractivity contribution in [1.29, 1.82) is 0 Å². The Kier molecular flexibility index (Phi) is 2.73. The lowest BCUT2D eigenvalue weighted by molar-refractivity contribution is -0.0481. The van der Waals surface area contributed by atoms with E-state index in [2.05, 4.69) is 22.8 Å². The minimum Gasteiger partial charge on any atom is -0.322 e. The highest BCUT2D eigenvalue weighted by Crippen LogP contribution is 2.58. The summed E-state index contributed by atoms with van der Waals surface area (Å²) in [6.07, 6.45) is 9.23. The van der Waals surface area contributed by atoms with Crippen LogP contribution in [0.3, 0.4) is 0 Å². The lowest BCUT2D eigenvalue weighted by atomic mass is 9.50. The summed E-state index contributed by atoms with van der Waals surface area (Å²) in [6, 6.07) is 2.34. The van der Waals surface area contributed by atoms with Gasteiger partial charge in [-0.15, -0.1) is 0 Å². The van der Waals surface area contributed by atoms with Crippen LogP contribution < -0.4 is 5.73 Å². The van der Waals surface area contributed by atoms with Gasteiger partial charge in [-0.05, 0) is 74.7 Å². The van der Waals surface area contributed by atoms with E-state index in [4.69, 9.17) is 5.73 Å². The van der Waals surface area contributed by atoms with E-state index in [1.165, 1.54) is 37.8 Å². The van der Waals surface area contributed by atoms with Gasteiger partial charge in [-0.2, -0.15) is 5.10 Å². The Hall–Kier alpha value is -0.830. The summed E-state index contributed by atoms with van der Waals surface area (Å²) < 4.78 is 2.09. The summed E-state index contributed by atoms with van der Waals surface area (Å²) in [5.41, 5.74) is 7.94. The van der Waals surface area contributed by atoms with Gasteiger partial charge in [0.15, 0.2) is 0 Å². The molecule has 3 heteroatoms. The Labute approximate surface area is 115 Å². The van der Waals surface area contributed by atoms with Gasteiger partial charge in [-0.25, -0.2) is 0 Å². The van der Waals surface area contributed by atoms with E-state index in [1.54, 1.807) is 0 Å². The predicted molar refractivity (Wildman–Crippen MR) is 75.4 cm³/mol. The molecule has 0 saturated heterocycles. The molecule has 5 rings (SSSR count). The van der Waals surface area contributed by atoms with E-state index < -0.39 is 0 Å². The highest BCUT2D eigenvalue weighted by atomic mass is 15.3. The zero-order chi connectivity index (χ0) is 13.0. The zero-order valence-corrected chi connectivity index (χ0v) is 11.8. The molecule has 0 aliphatic heterocycles. The Balaban J connectivity index is 1.62. The van der Waals surface area contributed by atoms with E-state index in [0.29, 0.717) is 0 Å². The quantitative estimate of drug-likeness (QED) is 0.907. The van der Waals surface area contributed by atoms with E-state index in [-0.39, 0.29) is 6.04 Å². The molecule has 4 bridgehead atoms. The second-order valence-corrected chi connectivity index (χ2v) is 7.11. The molecule has 4 aliphatic rings. The van der Waals surface area contributed by atoms with Gasteiger partial charge in [0.2, 0.25) is 0 Å². The molecule has 1 heterocycles.